The second-order valence-corrected chi connectivity index (χ2v) is 4.94. The van der Waals surface area contributed by atoms with Gasteiger partial charge in [-0.2, -0.15) is 0 Å². The zero-order valence-electron chi connectivity index (χ0n) is 10.9. The second-order valence-electron chi connectivity index (χ2n) is 4.94. The Morgan fingerprint density at radius 3 is 3.05 bits per heavy atom. The van der Waals surface area contributed by atoms with Gasteiger partial charge in [0.1, 0.15) is 0 Å². The molecule has 0 saturated carbocycles. The Bertz CT molecular complexity index is 634. The number of nitrogens with zero attached hydrogens (tertiary/aromatic N) is 1. The van der Waals surface area contributed by atoms with Gasteiger partial charge in [-0.3, -0.25) is 9.78 Å². The van der Waals surface area contributed by atoms with Gasteiger partial charge >= 0.3 is 0 Å². The first-order chi connectivity index (χ1) is 9.25. The van der Waals surface area contributed by atoms with Gasteiger partial charge in [0.25, 0.3) is 0 Å². The Labute approximate surface area is 112 Å². The Balaban J connectivity index is 2.05. The number of hydrogen-bond donors (Lipinski definition) is 1. The van der Waals surface area contributed by atoms with E-state index >= 15 is 0 Å². The molecule has 0 atom stereocenters. The van der Waals surface area contributed by atoms with E-state index in [-0.39, 0.29) is 5.78 Å². The fourth-order valence-corrected chi connectivity index (χ4v) is 2.56. The summed E-state index contributed by atoms with van der Waals surface area (Å²) in [6.45, 7) is 2.93. The number of fused-ring (bicyclic) bond motifs is 1. The molecule has 3 rings (SSSR count). The van der Waals surface area contributed by atoms with E-state index in [1.165, 1.54) is 0 Å². The van der Waals surface area contributed by atoms with E-state index in [0.29, 0.717) is 5.56 Å². The minimum absolute atomic E-state index is 0.0664. The molecule has 0 amide bonds. The van der Waals surface area contributed by atoms with Crippen molar-refractivity contribution < 1.29 is 4.79 Å². The summed E-state index contributed by atoms with van der Waals surface area (Å²) in [4.78, 5) is 16.7. The molecule has 1 aromatic heterocycles. The average molecular weight is 252 g/mol. The van der Waals surface area contributed by atoms with Crippen LogP contribution in [0.3, 0.4) is 0 Å². The lowest BCUT2D eigenvalue weighted by molar-refractivity contribution is 0.103. The molecule has 1 aromatic carbocycles. The van der Waals surface area contributed by atoms with Crippen molar-refractivity contribution in [2.75, 3.05) is 11.9 Å². The summed E-state index contributed by atoms with van der Waals surface area (Å²) >= 11 is 0. The monoisotopic (exact) mass is 252 g/mol. The number of pyridine rings is 1. The molecule has 1 aliphatic heterocycles. The number of aryl methyl sites for hydroxylation is 1. The molecule has 0 bridgehead atoms. The van der Waals surface area contributed by atoms with Gasteiger partial charge in [-0.25, -0.2) is 0 Å². The van der Waals surface area contributed by atoms with Crippen molar-refractivity contribution in [2.24, 2.45) is 0 Å². The smallest absolute Gasteiger partial charge is 0.194 e. The van der Waals surface area contributed by atoms with Crippen LogP contribution in [0.25, 0.3) is 0 Å². The number of nitrogens with one attached hydrogen (secondary N) is 1. The van der Waals surface area contributed by atoms with Gasteiger partial charge in [-0.1, -0.05) is 12.1 Å². The molecule has 2 heterocycles. The van der Waals surface area contributed by atoms with E-state index in [9.17, 15) is 4.79 Å². The lowest BCUT2D eigenvalue weighted by Gasteiger charge is -2.20. The molecule has 0 spiro atoms. The van der Waals surface area contributed by atoms with Crippen molar-refractivity contribution in [1.29, 1.82) is 0 Å². The molecule has 0 aliphatic carbocycles. The highest BCUT2D eigenvalue weighted by Crippen LogP contribution is 2.27. The minimum atomic E-state index is 0.0664. The normalized spacial score (nSPS) is 13.5. The number of anilines is 1. The standard InChI is InChI=1S/C16H16N2O/c1-11-8-12(10-17-9-11)16(19)14-4-2-6-15-13(14)5-3-7-18-15/h2,4,6,8-10,18H,3,5,7H2,1H3. The third-order valence-corrected chi connectivity index (χ3v) is 3.48. The van der Waals surface area contributed by atoms with Gasteiger partial charge < -0.3 is 5.32 Å². The summed E-state index contributed by atoms with van der Waals surface area (Å²) in [6.07, 6.45) is 5.44. The highest BCUT2D eigenvalue weighted by molar-refractivity contribution is 6.10. The van der Waals surface area contributed by atoms with Crippen LogP contribution in [-0.2, 0) is 6.42 Å². The zero-order valence-corrected chi connectivity index (χ0v) is 10.9. The Hall–Kier alpha value is -2.16. The third-order valence-electron chi connectivity index (χ3n) is 3.48. The van der Waals surface area contributed by atoms with Gasteiger partial charge in [-0.05, 0) is 43.0 Å². The van der Waals surface area contributed by atoms with E-state index in [1.54, 1.807) is 12.4 Å². The number of benzene rings is 1. The predicted octanol–water partition coefficient (Wildman–Crippen LogP) is 2.98. The van der Waals surface area contributed by atoms with Gasteiger partial charge in [0.05, 0.1) is 0 Å². The van der Waals surface area contributed by atoms with Crippen molar-refractivity contribution in [1.82, 2.24) is 4.98 Å². The van der Waals surface area contributed by atoms with Crippen LogP contribution in [0.1, 0.15) is 33.5 Å². The quantitative estimate of drug-likeness (QED) is 0.835. The van der Waals surface area contributed by atoms with Crippen molar-refractivity contribution in [2.45, 2.75) is 19.8 Å². The molecule has 96 valence electrons. The fourth-order valence-electron chi connectivity index (χ4n) is 2.56. The first-order valence-electron chi connectivity index (χ1n) is 6.58. The molecule has 0 radical (unpaired) electrons. The maximum absolute atomic E-state index is 12.6. The molecule has 3 heteroatoms. The lowest BCUT2D eigenvalue weighted by atomic mass is 9.93. The first kappa shape index (κ1) is 11.9. The maximum Gasteiger partial charge on any atom is 0.194 e. The van der Waals surface area contributed by atoms with Crippen LogP contribution in [0.4, 0.5) is 5.69 Å². The molecule has 3 nitrogen and oxygen atoms in total. The molecular weight excluding hydrogens is 236 g/mol. The van der Waals surface area contributed by atoms with Gasteiger partial charge in [-0.15, -0.1) is 0 Å². The van der Waals surface area contributed by atoms with E-state index in [0.717, 1.165) is 41.8 Å². The Morgan fingerprint density at radius 1 is 1.32 bits per heavy atom. The zero-order chi connectivity index (χ0) is 13.2. The molecule has 0 fully saturated rings. The number of carbonyl (C=O) groups excluding carboxylic acids is 1. The summed E-state index contributed by atoms with van der Waals surface area (Å²) < 4.78 is 0. The molecule has 19 heavy (non-hydrogen) atoms. The van der Waals surface area contributed by atoms with Crippen LogP contribution in [0.2, 0.25) is 0 Å². The Morgan fingerprint density at radius 2 is 2.21 bits per heavy atom. The largest absolute Gasteiger partial charge is 0.385 e. The number of hydrogen-bond acceptors (Lipinski definition) is 3. The highest BCUT2D eigenvalue weighted by atomic mass is 16.1. The number of carbonyl (C=O) groups is 1. The highest BCUT2D eigenvalue weighted by Gasteiger charge is 2.18. The van der Waals surface area contributed by atoms with E-state index in [4.69, 9.17) is 0 Å². The third kappa shape index (κ3) is 2.24. The second kappa shape index (κ2) is 4.84. The van der Waals surface area contributed by atoms with Crippen LogP contribution in [0, 0.1) is 6.92 Å². The van der Waals surface area contributed by atoms with Gasteiger partial charge in [0, 0.05) is 35.8 Å². The summed E-state index contributed by atoms with van der Waals surface area (Å²) in [5, 5.41) is 3.35. The van der Waals surface area contributed by atoms with E-state index < -0.39 is 0 Å². The summed E-state index contributed by atoms with van der Waals surface area (Å²) in [6, 6.07) is 7.79. The average Bonchev–Trinajstić information content (AvgIpc) is 2.46. The van der Waals surface area contributed by atoms with Crippen LogP contribution < -0.4 is 5.32 Å². The van der Waals surface area contributed by atoms with Crippen LogP contribution >= 0.6 is 0 Å². The summed E-state index contributed by atoms with van der Waals surface area (Å²) in [7, 11) is 0. The minimum Gasteiger partial charge on any atom is -0.385 e. The molecule has 1 aliphatic rings. The first-order valence-corrected chi connectivity index (χ1v) is 6.58. The maximum atomic E-state index is 12.6. The number of rotatable bonds is 2. The predicted molar refractivity (Wildman–Crippen MR) is 75.7 cm³/mol. The van der Waals surface area contributed by atoms with Gasteiger partial charge in [0.2, 0.25) is 0 Å². The van der Waals surface area contributed by atoms with E-state index in [1.807, 2.05) is 31.2 Å². The number of ketones is 1. The van der Waals surface area contributed by atoms with Gasteiger partial charge in [0.15, 0.2) is 5.78 Å². The summed E-state index contributed by atoms with van der Waals surface area (Å²) in [5.41, 5.74) is 4.71. The van der Waals surface area contributed by atoms with E-state index in [2.05, 4.69) is 10.3 Å². The van der Waals surface area contributed by atoms with Crippen LogP contribution in [0.15, 0.2) is 36.7 Å². The SMILES string of the molecule is Cc1cncc(C(=O)c2cccc3c2CCCN3)c1. The van der Waals surface area contributed by atoms with Crippen molar-refractivity contribution in [3.05, 3.63) is 58.9 Å². The number of aromatic nitrogens is 1. The molecule has 2 aromatic rings. The van der Waals surface area contributed by atoms with Crippen LogP contribution in [0.5, 0.6) is 0 Å². The van der Waals surface area contributed by atoms with Crippen molar-refractivity contribution in [3.63, 3.8) is 0 Å². The molecule has 0 unspecified atom stereocenters. The topological polar surface area (TPSA) is 42.0 Å². The van der Waals surface area contributed by atoms with Crippen molar-refractivity contribution >= 4 is 11.5 Å². The summed E-state index contributed by atoms with van der Waals surface area (Å²) in [5.74, 6) is 0.0664. The lowest BCUT2D eigenvalue weighted by Crippen LogP contribution is -2.16. The fraction of sp³-hybridized carbons (Fsp3) is 0.250. The van der Waals surface area contributed by atoms with Crippen molar-refractivity contribution in [3.8, 4) is 0 Å². The Kier molecular flexibility index (Phi) is 3.03. The van der Waals surface area contributed by atoms with Crippen LogP contribution in [-0.4, -0.2) is 17.3 Å². The molecule has 1 N–H and O–H groups in total. The molecular formula is C16H16N2O. The molecule has 0 saturated heterocycles.